The molecule has 0 aliphatic rings. The minimum Gasteiger partial charge on any atom is -0.479 e. The van der Waals surface area contributed by atoms with E-state index in [-0.39, 0.29) is 12.3 Å². The summed E-state index contributed by atoms with van der Waals surface area (Å²) in [6, 6.07) is 14.2. The Balaban J connectivity index is 1.70. The SMILES string of the molecule is Cc1oc2c(OCC(=O)O)cccc2c1CCNS(=O)(=O)Cc1ccccc1. The van der Waals surface area contributed by atoms with Gasteiger partial charge in [-0.15, -0.1) is 0 Å². The van der Waals surface area contributed by atoms with Crippen LogP contribution in [0.5, 0.6) is 5.75 Å². The Kier molecular flexibility index (Phi) is 6.01. The summed E-state index contributed by atoms with van der Waals surface area (Å²) in [4.78, 5) is 10.7. The molecule has 7 nitrogen and oxygen atoms in total. The first-order chi connectivity index (χ1) is 13.4. The van der Waals surface area contributed by atoms with Crippen molar-refractivity contribution in [1.29, 1.82) is 0 Å². The Bertz CT molecular complexity index is 1070. The van der Waals surface area contributed by atoms with E-state index in [4.69, 9.17) is 14.3 Å². The number of fused-ring (bicyclic) bond motifs is 1. The molecule has 0 atom stereocenters. The van der Waals surface area contributed by atoms with Crippen LogP contribution in [0.15, 0.2) is 52.9 Å². The minimum absolute atomic E-state index is 0.0772. The summed E-state index contributed by atoms with van der Waals surface area (Å²) in [7, 11) is -3.45. The molecular formula is C20H21NO6S. The van der Waals surface area contributed by atoms with Crippen molar-refractivity contribution in [3.8, 4) is 5.75 Å². The summed E-state index contributed by atoms with van der Waals surface area (Å²) in [6.45, 7) is 1.55. The van der Waals surface area contributed by atoms with Crippen molar-refractivity contribution in [3.63, 3.8) is 0 Å². The van der Waals surface area contributed by atoms with Crippen LogP contribution < -0.4 is 9.46 Å². The quantitative estimate of drug-likeness (QED) is 0.569. The van der Waals surface area contributed by atoms with Crippen LogP contribution in [0.2, 0.25) is 0 Å². The van der Waals surface area contributed by atoms with Gasteiger partial charge in [-0.3, -0.25) is 0 Å². The maximum Gasteiger partial charge on any atom is 0.341 e. The lowest BCUT2D eigenvalue weighted by molar-refractivity contribution is -0.139. The molecule has 3 rings (SSSR count). The topological polar surface area (TPSA) is 106 Å². The van der Waals surface area contributed by atoms with Gasteiger partial charge in [-0.05, 0) is 25.0 Å². The predicted octanol–water partition coefficient (Wildman–Crippen LogP) is 2.87. The Morgan fingerprint density at radius 3 is 2.61 bits per heavy atom. The number of aliphatic carboxylic acids is 1. The van der Waals surface area contributed by atoms with Gasteiger partial charge in [0.25, 0.3) is 0 Å². The van der Waals surface area contributed by atoms with Crippen molar-refractivity contribution in [2.75, 3.05) is 13.2 Å². The molecule has 8 heteroatoms. The van der Waals surface area contributed by atoms with Gasteiger partial charge in [0, 0.05) is 17.5 Å². The number of para-hydroxylation sites is 1. The maximum absolute atomic E-state index is 12.3. The van der Waals surface area contributed by atoms with E-state index in [1.54, 1.807) is 43.3 Å². The van der Waals surface area contributed by atoms with Crippen molar-refractivity contribution in [2.45, 2.75) is 19.1 Å². The van der Waals surface area contributed by atoms with Crippen LogP contribution in [-0.4, -0.2) is 32.6 Å². The molecule has 0 amide bonds. The number of ether oxygens (including phenoxy) is 1. The standard InChI is InChI=1S/C20H21NO6S/c1-14-16(10-11-21-28(24,25)13-15-6-3-2-4-7-15)17-8-5-9-18(20(17)27-14)26-12-19(22)23/h2-9,21H,10-13H2,1H3,(H,22,23). The third kappa shape index (κ3) is 4.90. The minimum atomic E-state index is -3.45. The molecule has 0 fully saturated rings. The van der Waals surface area contributed by atoms with Crippen LogP contribution in [0.1, 0.15) is 16.9 Å². The molecule has 0 spiro atoms. The molecule has 2 aromatic carbocycles. The number of hydrogen-bond donors (Lipinski definition) is 2. The van der Waals surface area contributed by atoms with Gasteiger partial charge in [-0.25, -0.2) is 17.9 Å². The van der Waals surface area contributed by atoms with Crippen LogP contribution in [0.4, 0.5) is 0 Å². The second kappa shape index (κ2) is 8.45. The Labute approximate surface area is 163 Å². The van der Waals surface area contributed by atoms with Crippen LogP contribution >= 0.6 is 0 Å². The zero-order valence-corrected chi connectivity index (χ0v) is 16.2. The number of sulfonamides is 1. The Hall–Kier alpha value is -2.84. The van der Waals surface area contributed by atoms with Crippen molar-refractivity contribution < 1.29 is 27.5 Å². The van der Waals surface area contributed by atoms with Gasteiger partial charge in [0.1, 0.15) is 5.76 Å². The molecule has 0 saturated carbocycles. The molecule has 0 aliphatic carbocycles. The summed E-state index contributed by atoms with van der Waals surface area (Å²) in [5.74, 6) is -0.164. The Morgan fingerprint density at radius 2 is 1.89 bits per heavy atom. The van der Waals surface area contributed by atoms with Gasteiger partial charge in [0.15, 0.2) is 17.9 Å². The van der Waals surface area contributed by atoms with E-state index in [1.807, 2.05) is 12.1 Å². The number of nitrogens with one attached hydrogen (secondary N) is 1. The van der Waals surface area contributed by atoms with Gasteiger partial charge >= 0.3 is 5.97 Å². The first kappa shape index (κ1) is 19.9. The van der Waals surface area contributed by atoms with Gasteiger partial charge in [0.05, 0.1) is 5.75 Å². The zero-order valence-electron chi connectivity index (χ0n) is 15.3. The van der Waals surface area contributed by atoms with Crippen LogP contribution in [0.3, 0.4) is 0 Å². The number of carboxylic acid groups (broad SMARTS) is 1. The monoisotopic (exact) mass is 403 g/mol. The van der Waals surface area contributed by atoms with E-state index < -0.39 is 22.6 Å². The fourth-order valence-electron chi connectivity index (χ4n) is 3.00. The predicted molar refractivity (Wildman–Crippen MR) is 105 cm³/mol. The highest BCUT2D eigenvalue weighted by atomic mass is 32.2. The molecule has 0 unspecified atom stereocenters. The molecule has 0 bridgehead atoms. The second-order valence-electron chi connectivity index (χ2n) is 6.34. The molecule has 148 valence electrons. The third-order valence-electron chi connectivity index (χ3n) is 4.23. The number of rotatable bonds is 9. The van der Waals surface area contributed by atoms with E-state index in [9.17, 15) is 13.2 Å². The molecule has 1 aromatic heterocycles. The Morgan fingerprint density at radius 1 is 1.14 bits per heavy atom. The largest absolute Gasteiger partial charge is 0.479 e. The van der Waals surface area contributed by atoms with Crippen LogP contribution in [0, 0.1) is 6.92 Å². The molecule has 0 saturated heterocycles. The highest BCUT2D eigenvalue weighted by Gasteiger charge is 2.17. The first-order valence-electron chi connectivity index (χ1n) is 8.72. The van der Waals surface area contributed by atoms with Crippen LogP contribution in [-0.2, 0) is 27.0 Å². The summed E-state index contributed by atoms with van der Waals surface area (Å²) in [6.07, 6.45) is 0.440. The van der Waals surface area contributed by atoms with Gasteiger partial charge in [-0.1, -0.05) is 42.5 Å². The fourth-order valence-corrected chi connectivity index (χ4v) is 4.15. The second-order valence-corrected chi connectivity index (χ2v) is 8.15. The molecule has 1 heterocycles. The summed E-state index contributed by atoms with van der Waals surface area (Å²) in [5.41, 5.74) is 2.04. The third-order valence-corrected chi connectivity index (χ3v) is 5.59. The lowest BCUT2D eigenvalue weighted by Crippen LogP contribution is -2.27. The molecule has 0 radical (unpaired) electrons. The number of hydrogen-bond acceptors (Lipinski definition) is 5. The molecule has 2 N–H and O–H groups in total. The molecule has 0 aliphatic heterocycles. The van der Waals surface area contributed by atoms with Crippen molar-refractivity contribution in [1.82, 2.24) is 4.72 Å². The van der Waals surface area contributed by atoms with E-state index in [0.717, 1.165) is 16.5 Å². The molecule has 3 aromatic rings. The van der Waals surface area contributed by atoms with E-state index >= 15 is 0 Å². The van der Waals surface area contributed by atoms with Gasteiger partial charge < -0.3 is 14.3 Å². The average Bonchev–Trinajstić information content (AvgIpc) is 2.96. The lowest BCUT2D eigenvalue weighted by atomic mass is 10.1. The van der Waals surface area contributed by atoms with E-state index in [2.05, 4.69) is 4.72 Å². The summed E-state index contributed by atoms with van der Waals surface area (Å²) < 4.78 is 38.2. The lowest BCUT2D eigenvalue weighted by Gasteiger charge is -2.07. The highest BCUT2D eigenvalue weighted by molar-refractivity contribution is 7.88. The average molecular weight is 403 g/mol. The van der Waals surface area contributed by atoms with E-state index in [0.29, 0.717) is 23.5 Å². The highest BCUT2D eigenvalue weighted by Crippen LogP contribution is 2.32. The van der Waals surface area contributed by atoms with Gasteiger partial charge in [0.2, 0.25) is 10.0 Å². The number of furan rings is 1. The number of aryl methyl sites for hydroxylation is 1. The molecular weight excluding hydrogens is 382 g/mol. The fraction of sp³-hybridized carbons (Fsp3) is 0.250. The number of carboxylic acids is 1. The number of benzene rings is 2. The van der Waals surface area contributed by atoms with Crippen molar-refractivity contribution >= 4 is 27.0 Å². The first-order valence-corrected chi connectivity index (χ1v) is 10.4. The van der Waals surface area contributed by atoms with Crippen LogP contribution in [0.25, 0.3) is 11.0 Å². The van der Waals surface area contributed by atoms with Crippen molar-refractivity contribution in [2.24, 2.45) is 0 Å². The molecule has 28 heavy (non-hydrogen) atoms. The normalized spacial score (nSPS) is 11.6. The smallest absolute Gasteiger partial charge is 0.341 e. The summed E-state index contributed by atoms with van der Waals surface area (Å²) >= 11 is 0. The van der Waals surface area contributed by atoms with E-state index in [1.165, 1.54) is 0 Å². The number of carbonyl (C=O) groups is 1. The summed E-state index contributed by atoms with van der Waals surface area (Å²) in [5, 5.41) is 9.56. The maximum atomic E-state index is 12.3. The van der Waals surface area contributed by atoms with Gasteiger partial charge in [-0.2, -0.15) is 0 Å². The zero-order chi connectivity index (χ0) is 20.1. The van der Waals surface area contributed by atoms with Crippen molar-refractivity contribution in [3.05, 3.63) is 65.4 Å².